The minimum Gasteiger partial charge on any atom is -0.394 e. The first-order chi connectivity index (χ1) is 30.1. The standard InChI is InChI=1S/C48H85NO13/c1-3-5-7-9-11-12-13-14-15-16-17-18-19-20-21-22-23-24-26-28-30-32-40(53)49-36(37(52)31-29-27-25-10-8-6-4-2)35-59-47-45(58)43(56)46(39(34-51)61-47)62-48-44(57)42(55)41(54)38(33-50)60-48/h5,7,11-12,14-15,17-18,36-39,41-48,50-52,54-58H,3-4,6,8-10,13,16,19-35H2,1-2H3,(H,49,53)/b7-5-,12-11-,15-14-,18-17-. The summed E-state index contributed by atoms with van der Waals surface area (Å²) in [4.78, 5) is 13.1. The van der Waals surface area contributed by atoms with Gasteiger partial charge < -0.3 is 65.1 Å². The van der Waals surface area contributed by atoms with Crippen LogP contribution in [0.2, 0.25) is 0 Å². The Hall–Kier alpha value is -2.05. The van der Waals surface area contributed by atoms with Crippen LogP contribution in [0.1, 0.15) is 155 Å². The van der Waals surface area contributed by atoms with Crippen LogP contribution < -0.4 is 5.32 Å². The number of hydrogen-bond donors (Lipinski definition) is 9. The highest BCUT2D eigenvalue weighted by Crippen LogP contribution is 2.30. The summed E-state index contributed by atoms with van der Waals surface area (Å²) in [6, 6.07) is -0.831. The number of carbonyl (C=O) groups is 1. The van der Waals surface area contributed by atoms with Gasteiger partial charge >= 0.3 is 0 Å². The van der Waals surface area contributed by atoms with E-state index < -0.39 is 86.8 Å². The lowest BCUT2D eigenvalue weighted by atomic mass is 9.97. The molecule has 1 amide bonds. The highest BCUT2D eigenvalue weighted by atomic mass is 16.7. The molecule has 2 aliphatic heterocycles. The molecule has 360 valence electrons. The van der Waals surface area contributed by atoms with Crippen molar-refractivity contribution in [1.29, 1.82) is 0 Å². The van der Waals surface area contributed by atoms with Crippen molar-refractivity contribution in [1.82, 2.24) is 5.32 Å². The molecular formula is C48H85NO13. The summed E-state index contributed by atoms with van der Waals surface area (Å²) in [6.07, 6.45) is 22.9. The SMILES string of the molecule is CC/C=C\C/C=C\C/C=C\C/C=C\CCCCCCCCCCC(=O)NC(COC1OC(CO)C(OC2OC(CO)C(O)C(O)C2O)C(O)C1O)C(O)CCCCCCCCC. The Kier molecular flexibility index (Phi) is 31.9. The third kappa shape index (κ3) is 22.7. The van der Waals surface area contributed by atoms with Crippen LogP contribution in [0, 0.1) is 0 Å². The fraction of sp³-hybridized carbons (Fsp3) is 0.812. The molecule has 2 aliphatic rings. The van der Waals surface area contributed by atoms with Gasteiger partial charge in [-0.05, 0) is 51.4 Å². The average molecular weight is 884 g/mol. The minimum atomic E-state index is -1.78. The molecule has 0 radical (unpaired) electrons. The van der Waals surface area contributed by atoms with Crippen LogP contribution in [0.3, 0.4) is 0 Å². The molecule has 0 aliphatic carbocycles. The van der Waals surface area contributed by atoms with Gasteiger partial charge in [0.05, 0.1) is 32.0 Å². The Balaban J connectivity index is 1.77. The monoisotopic (exact) mass is 884 g/mol. The van der Waals surface area contributed by atoms with Gasteiger partial charge in [-0.1, -0.05) is 146 Å². The maximum Gasteiger partial charge on any atom is 0.220 e. The molecule has 2 heterocycles. The number of carbonyl (C=O) groups excluding carboxylic acids is 1. The van der Waals surface area contributed by atoms with E-state index >= 15 is 0 Å². The van der Waals surface area contributed by atoms with Gasteiger partial charge in [-0.25, -0.2) is 0 Å². The van der Waals surface area contributed by atoms with Crippen molar-refractivity contribution in [2.45, 2.75) is 229 Å². The number of aliphatic hydroxyl groups excluding tert-OH is 8. The van der Waals surface area contributed by atoms with E-state index in [-0.39, 0.29) is 12.5 Å². The second-order valence-corrected chi connectivity index (χ2v) is 16.9. The Labute approximate surface area is 372 Å². The Morgan fingerprint density at radius 3 is 1.71 bits per heavy atom. The lowest BCUT2D eigenvalue weighted by Crippen LogP contribution is -2.65. The Bertz CT molecular complexity index is 1230. The summed E-state index contributed by atoms with van der Waals surface area (Å²) in [5, 5.41) is 86.4. The van der Waals surface area contributed by atoms with Crippen LogP contribution in [0.25, 0.3) is 0 Å². The average Bonchev–Trinajstić information content (AvgIpc) is 3.27. The molecule has 0 aromatic heterocycles. The Morgan fingerprint density at radius 1 is 0.597 bits per heavy atom. The topological polar surface area (TPSA) is 228 Å². The maximum atomic E-state index is 13.1. The van der Waals surface area contributed by atoms with Crippen molar-refractivity contribution in [3.63, 3.8) is 0 Å². The first kappa shape index (κ1) is 56.1. The zero-order valence-electron chi connectivity index (χ0n) is 37.8. The highest BCUT2D eigenvalue weighted by Gasteiger charge is 2.51. The molecule has 2 saturated heterocycles. The first-order valence-corrected chi connectivity index (χ1v) is 23.9. The fourth-order valence-corrected chi connectivity index (χ4v) is 7.64. The summed E-state index contributed by atoms with van der Waals surface area (Å²) < 4.78 is 22.6. The zero-order valence-corrected chi connectivity index (χ0v) is 37.8. The number of rotatable bonds is 35. The third-order valence-corrected chi connectivity index (χ3v) is 11.6. The van der Waals surface area contributed by atoms with Crippen LogP contribution in [-0.2, 0) is 23.7 Å². The predicted octanol–water partition coefficient (Wildman–Crippen LogP) is 5.32. The molecule has 0 spiro atoms. The first-order valence-electron chi connectivity index (χ1n) is 23.9. The molecule has 0 bridgehead atoms. The van der Waals surface area contributed by atoms with E-state index in [0.29, 0.717) is 19.3 Å². The smallest absolute Gasteiger partial charge is 0.220 e. The quantitative estimate of drug-likeness (QED) is 0.0291. The molecule has 9 N–H and O–H groups in total. The molecule has 0 saturated carbocycles. The van der Waals surface area contributed by atoms with Gasteiger partial charge in [-0.2, -0.15) is 0 Å². The van der Waals surface area contributed by atoms with Crippen molar-refractivity contribution >= 4 is 5.91 Å². The van der Waals surface area contributed by atoms with Crippen molar-refractivity contribution in [2.75, 3.05) is 19.8 Å². The number of allylic oxidation sites excluding steroid dienone is 8. The second kappa shape index (κ2) is 35.2. The van der Waals surface area contributed by atoms with Gasteiger partial charge in [0.25, 0.3) is 0 Å². The summed E-state index contributed by atoms with van der Waals surface area (Å²) in [7, 11) is 0. The molecule has 2 rings (SSSR count). The fourth-order valence-electron chi connectivity index (χ4n) is 7.64. The van der Waals surface area contributed by atoms with E-state index in [1.54, 1.807) is 0 Å². The van der Waals surface area contributed by atoms with Crippen molar-refractivity contribution in [3.8, 4) is 0 Å². The van der Waals surface area contributed by atoms with Crippen LogP contribution in [0.15, 0.2) is 48.6 Å². The maximum absolute atomic E-state index is 13.1. The normalized spacial score (nSPS) is 28.2. The molecule has 14 nitrogen and oxygen atoms in total. The lowest BCUT2D eigenvalue weighted by molar-refractivity contribution is -0.359. The molecule has 12 unspecified atom stereocenters. The van der Waals surface area contributed by atoms with Crippen LogP contribution in [0.5, 0.6) is 0 Å². The van der Waals surface area contributed by atoms with Gasteiger partial charge in [-0.3, -0.25) is 4.79 Å². The van der Waals surface area contributed by atoms with Crippen molar-refractivity contribution in [3.05, 3.63) is 48.6 Å². The highest BCUT2D eigenvalue weighted by molar-refractivity contribution is 5.76. The molecule has 0 aromatic rings. The number of nitrogens with one attached hydrogen (secondary N) is 1. The second-order valence-electron chi connectivity index (χ2n) is 16.9. The lowest BCUT2D eigenvalue weighted by Gasteiger charge is -2.46. The molecular weight excluding hydrogens is 799 g/mol. The number of unbranched alkanes of at least 4 members (excludes halogenated alkanes) is 14. The number of hydrogen-bond acceptors (Lipinski definition) is 13. The van der Waals surface area contributed by atoms with Gasteiger partial charge in [0.1, 0.15) is 48.8 Å². The molecule has 0 aromatic carbocycles. The van der Waals surface area contributed by atoms with E-state index in [4.69, 9.17) is 18.9 Å². The van der Waals surface area contributed by atoms with E-state index in [9.17, 15) is 45.6 Å². The number of aliphatic hydroxyl groups is 8. The summed E-state index contributed by atoms with van der Waals surface area (Å²) in [5.41, 5.74) is 0. The zero-order chi connectivity index (χ0) is 45.4. The van der Waals surface area contributed by atoms with Gasteiger partial charge in [0.2, 0.25) is 5.91 Å². The molecule has 2 fully saturated rings. The number of ether oxygens (including phenoxy) is 4. The van der Waals surface area contributed by atoms with Gasteiger partial charge in [-0.15, -0.1) is 0 Å². The van der Waals surface area contributed by atoms with Gasteiger partial charge in [0.15, 0.2) is 12.6 Å². The van der Waals surface area contributed by atoms with Crippen LogP contribution in [-0.4, -0.2) is 140 Å². The van der Waals surface area contributed by atoms with Crippen LogP contribution >= 0.6 is 0 Å². The van der Waals surface area contributed by atoms with E-state index in [0.717, 1.165) is 83.5 Å². The summed E-state index contributed by atoms with van der Waals surface area (Å²) >= 11 is 0. The van der Waals surface area contributed by atoms with E-state index in [1.165, 1.54) is 38.5 Å². The number of amides is 1. The minimum absolute atomic E-state index is 0.223. The third-order valence-electron chi connectivity index (χ3n) is 11.6. The molecule has 62 heavy (non-hydrogen) atoms. The van der Waals surface area contributed by atoms with E-state index in [1.807, 2.05) is 0 Å². The molecule has 14 heteroatoms. The molecule has 12 atom stereocenters. The Morgan fingerprint density at radius 2 is 1.11 bits per heavy atom. The van der Waals surface area contributed by atoms with Crippen LogP contribution in [0.4, 0.5) is 0 Å². The largest absolute Gasteiger partial charge is 0.394 e. The summed E-state index contributed by atoms with van der Waals surface area (Å²) in [6.45, 7) is 2.65. The van der Waals surface area contributed by atoms with E-state index in [2.05, 4.69) is 67.8 Å². The van der Waals surface area contributed by atoms with Crippen molar-refractivity contribution in [2.24, 2.45) is 0 Å². The summed E-state index contributed by atoms with van der Waals surface area (Å²) in [5.74, 6) is -0.223. The van der Waals surface area contributed by atoms with Crippen molar-refractivity contribution < 1.29 is 64.6 Å². The predicted molar refractivity (Wildman–Crippen MR) is 240 cm³/mol. The van der Waals surface area contributed by atoms with Gasteiger partial charge in [0, 0.05) is 6.42 Å².